The molecule has 0 aliphatic carbocycles. The van der Waals surface area contributed by atoms with Crippen LogP contribution in [0.1, 0.15) is 79.2 Å². The molecule has 0 aliphatic rings. The third-order valence-corrected chi connectivity index (χ3v) is 2.90. The number of hydrogen-bond donors (Lipinski definition) is 1. The number of unbranched alkanes of at least 4 members (excludes halogenated alkanes) is 4. The second kappa shape index (κ2) is 16.4. The molecule has 0 heterocycles. The molecule has 0 atom stereocenters. The number of primary amides is 1. The van der Waals surface area contributed by atoms with Crippen molar-refractivity contribution >= 4 is 12.1 Å². The largest absolute Gasteiger partial charge is 0.461 e. The minimum atomic E-state index is -0.725. The first kappa shape index (κ1) is 26.2. The van der Waals surface area contributed by atoms with E-state index in [1.807, 2.05) is 30.3 Å². The molecule has 1 amide bonds. The van der Waals surface area contributed by atoms with Gasteiger partial charge in [-0.1, -0.05) is 76.3 Å². The van der Waals surface area contributed by atoms with E-state index in [0.29, 0.717) is 6.61 Å². The lowest BCUT2D eigenvalue weighted by Crippen LogP contribution is -2.27. The maximum absolute atomic E-state index is 10.4. The quantitative estimate of drug-likeness (QED) is 0.524. The number of esters is 1. The monoisotopic (exact) mass is 367 g/mol. The van der Waals surface area contributed by atoms with Gasteiger partial charge in [0, 0.05) is 6.92 Å². The van der Waals surface area contributed by atoms with Gasteiger partial charge in [-0.25, -0.2) is 4.79 Å². The molecule has 0 spiro atoms. The maximum atomic E-state index is 10.4. The van der Waals surface area contributed by atoms with Crippen LogP contribution < -0.4 is 5.73 Å². The van der Waals surface area contributed by atoms with Crippen molar-refractivity contribution in [2.24, 2.45) is 5.73 Å². The van der Waals surface area contributed by atoms with Crippen molar-refractivity contribution in [1.29, 1.82) is 0 Å². The Hall–Kier alpha value is -2.04. The Labute approximate surface area is 159 Å². The lowest BCUT2D eigenvalue weighted by atomic mass is 10.2. The number of rotatable bonds is 6. The molecule has 0 saturated heterocycles. The summed E-state index contributed by atoms with van der Waals surface area (Å²) in [5, 5.41) is 0. The number of carbonyl (C=O) groups is 2. The molecule has 0 saturated carbocycles. The van der Waals surface area contributed by atoms with Gasteiger partial charge in [-0.3, -0.25) is 4.79 Å². The Morgan fingerprint density at radius 2 is 1.46 bits per heavy atom. The topological polar surface area (TPSA) is 78.6 Å². The van der Waals surface area contributed by atoms with Gasteiger partial charge >= 0.3 is 12.1 Å². The van der Waals surface area contributed by atoms with E-state index in [2.05, 4.69) is 18.6 Å². The number of nitrogens with two attached hydrogens (primary N) is 1. The Kier molecular flexibility index (Phi) is 16.6. The summed E-state index contributed by atoms with van der Waals surface area (Å²) >= 11 is 0. The fourth-order valence-electron chi connectivity index (χ4n) is 1.74. The summed E-state index contributed by atoms with van der Waals surface area (Å²) in [4.78, 5) is 20.4. The summed E-state index contributed by atoms with van der Waals surface area (Å²) in [6, 6.07) is 9.60. The molecule has 150 valence electrons. The Morgan fingerprint density at radius 1 is 0.962 bits per heavy atom. The average Bonchev–Trinajstić information content (AvgIpc) is 2.53. The molecule has 0 unspecified atom stereocenters. The van der Waals surface area contributed by atoms with Crippen molar-refractivity contribution in [2.45, 2.75) is 85.9 Å². The first-order chi connectivity index (χ1) is 12.1. The fraction of sp³-hybridized carbons (Fsp3) is 0.619. The van der Waals surface area contributed by atoms with Crippen molar-refractivity contribution in [1.82, 2.24) is 0 Å². The van der Waals surface area contributed by atoms with Gasteiger partial charge < -0.3 is 15.2 Å². The van der Waals surface area contributed by atoms with E-state index in [-0.39, 0.29) is 5.97 Å². The minimum absolute atomic E-state index is 0.242. The molecular weight excluding hydrogens is 330 g/mol. The highest BCUT2D eigenvalue weighted by molar-refractivity contribution is 5.66. The van der Waals surface area contributed by atoms with Crippen LogP contribution in [0.15, 0.2) is 30.3 Å². The third kappa shape index (κ3) is 24.2. The molecular formula is C21H37NO4. The first-order valence-corrected chi connectivity index (χ1v) is 9.28. The standard InChI is InChI=1S/C9H10O2.C7H16.C5H11NO2/c1-8(10)11-7-9-5-3-2-4-6-9;1-3-5-7-6-4-2;1-5(2,3)8-4(6)7/h2-6H,7H2,1H3;3-7H2,1-2H3;1-3H3,(H2,6,7). The highest BCUT2D eigenvalue weighted by Crippen LogP contribution is 2.05. The summed E-state index contributed by atoms with van der Waals surface area (Å²) in [6.07, 6.45) is 6.28. The Balaban J connectivity index is 0. The second-order valence-corrected chi connectivity index (χ2v) is 6.86. The second-order valence-electron chi connectivity index (χ2n) is 6.86. The predicted octanol–water partition coefficient (Wildman–Crippen LogP) is 5.61. The van der Waals surface area contributed by atoms with E-state index in [1.165, 1.54) is 39.0 Å². The third-order valence-electron chi connectivity index (χ3n) is 2.90. The van der Waals surface area contributed by atoms with E-state index < -0.39 is 11.7 Å². The number of benzene rings is 1. The van der Waals surface area contributed by atoms with Crippen molar-refractivity contribution in [3.63, 3.8) is 0 Å². The molecule has 1 aromatic carbocycles. The van der Waals surface area contributed by atoms with Crippen molar-refractivity contribution in [2.75, 3.05) is 0 Å². The zero-order chi connectivity index (χ0) is 20.4. The van der Waals surface area contributed by atoms with Gasteiger partial charge in [-0.15, -0.1) is 0 Å². The highest BCUT2D eigenvalue weighted by Gasteiger charge is 2.12. The molecule has 26 heavy (non-hydrogen) atoms. The SMILES string of the molecule is CC(=O)OCc1ccccc1.CC(C)(C)OC(N)=O.CCCCCCC. The van der Waals surface area contributed by atoms with Crippen LogP contribution in [-0.2, 0) is 20.9 Å². The maximum Gasteiger partial charge on any atom is 0.405 e. The number of ether oxygens (including phenoxy) is 2. The summed E-state index contributed by atoms with van der Waals surface area (Å²) in [5.41, 5.74) is 5.28. The van der Waals surface area contributed by atoms with E-state index in [1.54, 1.807) is 20.8 Å². The molecule has 0 aromatic heterocycles. The van der Waals surface area contributed by atoms with Crippen LogP contribution >= 0.6 is 0 Å². The van der Waals surface area contributed by atoms with E-state index in [4.69, 9.17) is 10.5 Å². The van der Waals surface area contributed by atoms with Crippen LogP contribution in [0.3, 0.4) is 0 Å². The molecule has 5 heteroatoms. The van der Waals surface area contributed by atoms with Gasteiger partial charge in [0.15, 0.2) is 0 Å². The lowest BCUT2D eigenvalue weighted by Gasteiger charge is -2.16. The van der Waals surface area contributed by atoms with Gasteiger partial charge in [0.25, 0.3) is 0 Å². The summed E-state index contributed by atoms with van der Waals surface area (Å²) < 4.78 is 9.37. The van der Waals surface area contributed by atoms with E-state index in [0.717, 1.165) is 5.56 Å². The summed E-state index contributed by atoms with van der Waals surface area (Å²) in [5.74, 6) is -0.242. The molecule has 0 fully saturated rings. The highest BCUT2D eigenvalue weighted by atomic mass is 16.6. The molecule has 1 rings (SSSR count). The van der Waals surface area contributed by atoms with Crippen LogP contribution in [0.4, 0.5) is 4.79 Å². The summed E-state index contributed by atoms with van der Waals surface area (Å²) in [6.45, 7) is 11.6. The number of carbonyl (C=O) groups excluding carboxylic acids is 2. The van der Waals surface area contributed by atoms with Crippen LogP contribution in [0, 0.1) is 0 Å². The van der Waals surface area contributed by atoms with E-state index in [9.17, 15) is 9.59 Å². The van der Waals surface area contributed by atoms with Crippen LogP contribution in [0.2, 0.25) is 0 Å². The molecule has 0 radical (unpaired) electrons. The molecule has 0 aliphatic heterocycles. The van der Waals surface area contributed by atoms with Crippen molar-refractivity contribution in [3.05, 3.63) is 35.9 Å². The fourth-order valence-corrected chi connectivity index (χ4v) is 1.74. The van der Waals surface area contributed by atoms with E-state index >= 15 is 0 Å². The summed E-state index contributed by atoms with van der Waals surface area (Å²) in [7, 11) is 0. The minimum Gasteiger partial charge on any atom is -0.461 e. The van der Waals surface area contributed by atoms with Crippen LogP contribution in [-0.4, -0.2) is 17.7 Å². The van der Waals surface area contributed by atoms with Crippen molar-refractivity contribution in [3.8, 4) is 0 Å². The predicted molar refractivity (Wildman–Crippen MR) is 107 cm³/mol. The zero-order valence-electron chi connectivity index (χ0n) is 17.3. The molecule has 5 nitrogen and oxygen atoms in total. The van der Waals surface area contributed by atoms with Gasteiger partial charge in [0.1, 0.15) is 12.2 Å². The average molecular weight is 368 g/mol. The normalized spacial score (nSPS) is 9.77. The van der Waals surface area contributed by atoms with Crippen LogP contribution in [0.25, 0.3) is 0 Å². The number of hydrogen-bond acceptors (Lipinski definition) is 4. The molecule has 1 aromatic rings. The van der Waals surface area contributed by atoms with Gasteiger partial charge in [0.05, 0.1) is 0 Å². The van der Waals surface area contributed by atoms with Gasteiger partial charge in [-0.05, 0) is 26.3 Å². The zero-order valence-corrected chi connectivity index (χ0v) is 17.3. The van der Waals surface area contributed by atoms with Gasteiger partial charge in [0.2, 0.25) is 0 Å². The molecule has 2 N–H and O–H groups in total. The smallest absolute Gasteiger partial charge is 0.405 e. The Bertz CT molecular complexity index is 463. The first-order valence-electron chi connectivity index (χ1n) is 9.28. The van der Waals surface area contributed by atoms with Crippen molar-refractivity contribution < 1.29 is 19.1 Å². The lowest BCUT2D eigenvalue weighted by molar-refractivity contribution is -0.142. The van der Waals surface area contributed by atoms with Gasteiger partial charge in [-0.2, -0.15) is 0 Å². The Morgan fingerprint density at radius 3 is 1.77 bits per heavy atom. The number of amides is 1. The molecule has 0 bridgehead atoms. The van der Waals surface area contributed by atoms with Crippen LogP contribution in [0.5, 0.6) is 0 Å².